The molecule has 1 heterocycles. The van der Waals surface area contributed by atoms with Crippen molar-refractivity contribution >= 4 is 32.4 Å². The van der Waals surface area contributed by atoms with E-state index in [-0.39, 0.29) is 18.0 Å². The number of halogens is 1. The second-order valence-corrected chi connectivity index (χ2v) is 6.87. The molecule has 114 valence electrons. The highest BCUT2D eigenvalue weighted by atomic mass is 35.5. The van der Waals surface area contributed by atoms with Crippen LogP contribution in [0.25, 0.3) is 0 Å². The van der Waals surface area contributed by atoms with E-state index in [1.54, 1.807) is 42.5 Å². The summed E-state index contributed by atoms with van der Waals surface area (Å²) in [4.78, 5) is 13.3. The Bertz CT molecular complexity index is 835. The molecule has 7 heteroatoms. The lowest BCUT2D eigenvalue weighted by molar-refractivity contribution is 0.260. The van der Waals surface area contributed by atoms with Crippen LogP contribution in [0.3, 0.4) is 0 Å². The van der Waals surface area contributed by atoms with E-state index in [0.29, 0.717) is 16.5 Å². The molecule has 0 saturated carbocycles. The SMILES string of the molecule is O=C1N(CCOc2ccccc2Cl)c2ccccc2S1(=O)=O. The largest absolute Gasteiger partial charge is 0.490 e. The number of anilines is 1. The fraction of sp³-hybridized carbons (Fsp3) is 0.133. The number of amides is 1. The van der Waals surface area contributed by atoms with Crippen molar-refractivity contribution < 1.29 is 17.9 Å². The third-order valence-corrected chi connectivity index (χ3v) is 5.22. The molecule has 0 aliphatic carbocycles. The van der Waals surface area contributed by atoms with Crippen LogP contribution in [-0.2, 0) is 9.84 Å². The zero-order chi connectivity index (χ0) is 15.7. The number of hydrogen-bond donors (Lipinski definition) is 0. The van der Waals surface area contributed by atoms with Crippen molar-refractivity contribution in [2.24, 2.45) is 0 Å². The minimum Gasteiger partial charge on any atom is -0.490 e. The minimum absolute atomic E-state index is 0.0396. The Kier molecular flexibility index (Phi) is 3.80. The average Bonchev–Trinajstić information content (AvgIpc) is 2.70. The van der Waals surface area contributed by atoms with Crippen LogP contribution in [0.1, 0.15) is 0 Å². The molecule has 0 bridgehead atoms. The van der Waals surface area contributed by atoms with Gasteiger partial charge in [-0.2, -0.15) is 0 Å². The summed E-state index contributed by atoms with van der Waals surface area (Å²) in [5.74, 6) is 0.493. The Morgan fingerprint density at radius 3 is 2.50 bits per heavy atom. The van der Waals surface area contributed by atoms with E-state index >= 15 is 0 Å². The molecular formula is C15H12ClNO4S. The molecule has 0 unspecified atom stereocenters. The summed E-state index contributed by atoms with van der Waals surface area (Å²) < 4.78 is 29.6. The van der Waals surface area contributed by atoms with Gasteiger partial charge in [0.2, 0.25) is 0 Å². The van der Waals surface area contributed by atoms with Crippen molar-refractivity contribution in [2.75, 3.05) is 18.1 Å². The van der Waals surface area contributed by atoms with Gasteiger partial charge in [-0.3, -0.25) is 9.69 Å². The molecule has 1 aliphatic heterocycles. The lowest BCUT2D eigenvalue weighted by Crippen LogP contribution is -2.32. The van der Waals surface area contributed by atoms with Gasteiger partial charge in [0.25, 0.3) is 9.84 Å². The first-order valence-electron chi connectivity index (χ1n) is 6.55. The van der Waals surface area contributed by atoms with Crippen LogP contribution in [0, 0.1) is 0 Å². The number of ether oxygens (including phenoxy) is 1. The van der Waals surface area contributed by atoms with Crippen LogP contribution in [0.5, 0.6) is 5.75 Å². The first kappa shape index (κ1) is 14.9. The molecule has 2 aromatic rings. The van der Waals surface area contributed by atoms with E-state index in [1.807, 2.05) is 0 Å². The number of hydrogen-bond acceptors (Lipinski definition) is 4. The van der Waals surface area contributed by atoms with Gasteiger partial charge >= 0.3 is 5.24 Å². The topological polar surface area (TPSA) is 63.7 Å². The second-order valence-electron chi connectivity index (χ2n) is 4.67. The van der Waals surface area contributed by atoms with Crippen LogP contribution < -0.4 is 9.64 Å². The average molecular weight is 338 g/mol. The predicted molar refractivity (Wildman–Crippen MR) is 83.3 cm³/mol. The smallest absolute Gasteiger partial charge is 0.348 e. The zero-order valence-corrected chi connectivity index (χ0v) is 13.0. The predicted octanol–water partition coefficient (Wildman–Crippen LogP) is 3.13. The van der Waals surface area contributed by atoms with Crippen molar-refractivity contribution in [3.8, 4) is 5.75 Å². The molecule has 0 spiro atoms. The molecule has 0 fully saturated rings. The summed E-state index contributed by atoms with van der Waals surface area (Å²) in [5.41, 5.74) is 0.384. The molecule has 22 heavy (non-hydrogen) atoms. The van der Waals surface area contributed by atoms with Gasteiger partial charge in [0.05, 0.1) is 17.3 Å². The Morgan fingerprint density at radius 2 is 1.73 bits per heavy atom. The Labute approximate surface area is 133 Å². The van der Waals surface area contributed by atoms with E-state index in [2.05, 4.69) is 0 Å². The number of fused-ring (bicyclic) bond motifs is 1. The molecule has 0 saturated heterocycles. The summed E-state index contributed by atoms with van der Waals surface area (Å²) in [6, 6.07) is 13.3. The quantitative estimate of drug-likeness (QED) is 0.859. The lowest BCUT2D eigenvalue weighted by Gasteiger charge is -2.16. The molecular weight excluding hydrogens is 326 g/mol. The van der Waals surface area contributed by atoms with Gasteiger partial charge in [0.1, 0.15) is 17.3 Å². The van der Waals surface area contributed by atoms with Gasteiger partial charge in [-0.25, -0.2) is 8.42 Å². The molecule has 0 radical (unpaired) electrons. The van der Waals surface area contributed by atoms with E-state index in [9.17, 15) is 13.2 Å². The second kappa shape index (κ2) is 5.62. The van der Waals surface area contributed by atoms with Crippen LogP contribution in [0.15, 0.2) is 53.4 Å². The van der Waals surface area contributed by atoms with Crippen LogP contribution in [-0.4, -0.2) is 26.8 Å². The van der Waals surface area contributed by atoms with Gasteiger partial charge in [-0.1, -0.05) is 35.9 Å². The Hall–Kier alpha value is -2.05. The molecule has 0 aromatic heterocycles. The number of para-hydroxylation sites is 2. The first-order chi connectivity index (χ1) is 10.5. The molecule has 0 atom stereocenters. The van der Waals surface area contributed by atoms with Crippen molar-refractivity contribution in [1.82, 2.24) is 0 Å². The number of carbonyl (C=O) groups excluding carboxylic acids is 1. The normalized spacial score (nSPS) is 15.7. The molecule has 1 aliphatic rings. The van der Waals surface area contributed by atoms with Gasteiger partial charge in [-0.15, -0.1) is 0 Å². The fourth-order valence-corrected chi connectivity index (χ4v) is 3.83. The van der Waals surface area contributed by atoms with Gasteiger partial charge in [-0.05, 0) is 24.3 Å². The maximum absolute atomic E-state index is 12.0. The number of nitrogens with zero attached hydrogens (tertiary/aromatic N) is 1. The summed E-state index contributed by atoms with van der Waals surface area (Å²) >= 11 is 5.97. The van der Waals surface area contributed by atoms with Gasteiger partial charge < -0.3 is 4.74 Å². The highest BCUT2D eigenvalue weighted by Crippen LogP contribution is 2.35. The maximum Gasteiger partial charge on any atom is 0.348 e. The number of rotatable bonds is 4. The molecule has 3 rings (SSSR count). The summed E-state index contributed by atoms with van der Waals surface area (Å²) in [5, 5.41) is -0.459. The lowest BCUT2D eigenvalue weighted by atomic mass is 10.3. The third-order valence-electron chi connectivity index (χ3n) is 3.30. The Morgan fingerprint density at radius 1 is 1.05 bits per heavy atom. The maximum atomic E-state index is 12.0. The highest BCUT2D eigenvalue weighted by molar-refractivity contribution is 8.07. The van der Waals surface area contributed by atoms with Crippen molar-refractivity contribution in [3.63, 3.8) is 0 Å². The summed E-state index contributed by atoms with van der Waals surface area (Å²) in [6.07, 6.45) is 0. The molecule has 0 N–H and O–H groups in total. The van der Waals surface area contributed by atoms with E-state index in [1.165, 1.54) is 11.0 Å². The first-order valence-corrected chi connectivity index (χ1v) is 8.41. The van der Waals surface area contributed by atoms with E-state index in [0.717, 1.165) is 0 Å². The van der Waals surface area contributed by atoms with Crippen molar-refractivity contribution in [1.29, 1.82) is 0 Å². The summed E-state index contributed by atoms with van der Waals surface area (Å²) in [6.45, 7) is 0.264. The third kappa shape index (κ3) is 2.44. The number of benzene rings is 2. The Balaban J connectivity index is 1.77. The molecule has 1 amide bonds. The number of sulfone groups is 1. The van der Waals surface area contributed by atoms with E-state index in [4.69, 9.17) is 16.3 Å². The van der Waals surface area contributed by atoms with Crippen molar-refractivity contribution in [3.05, 3.63) is 53.6 Å². The fourth-order valence-electron chi connectivity index (χ4n) is 2.27. The summed E-state index contributed by atoms with van der Waals surface area (Å²) in [7, 11) is -3.93. The zero-order valence-electron chi connectivity index (χ0n) is 11.4. The van der Waals surface area contributed by atoms with E-state index < -0.39 is 15.1 Å². The standard InChI is InChI=1S/C15H12ClNO4S/c16-11-5-1-3-7-13(11)21-10-9-17-12-6-2-4-8-14(12)22(19,20)15(17)18/h1-8H,9-10H2. The monoisotopic (exact) mass is 337 g/mol. The van der Waals surface area contributed by atoms with Crippen molar-refractivity contribution in [2.45, 2.75) is 4.90 Å². The molecule has 5 nitrogen and oxygen atoms in total. The number of carbonyl (C=O) groups is 1. The van der Waals surface area contributed by atoms with Gasteiger partial charge in [0, 0.05) is 0 Å². The van der Waals surface area contributed by atoms with Crippen LogP contribution in [0.4, 0.5) is 10.5 Å². The van der Waals surface area contributed by atoms with Gasteiger partial charge in [0.15, 0.2) is 0 Å². The van der Waals surface area contributed by atoms with Crippen LogP contribution in [0.2, 0.25) is 5.02 Å². The minimum atomic E-state index is -3.93. The molecule has 2 aromatic carbocycles. The van der Waals surface area contributed by atoms with Crippen LogP contribution >= 0.6 is 11.6 Å². The highest BCUT2D eigenvalue weighted by Gasteiger charge is 2.41.